The monoisotopic (exact) mass is 198 g/mol. The molecule has 0 aromatic heterocycles. The van der Waals surface area contributed by atoms with Crippen LogP contribution in [0.25, 0.3) is 0 Å². The molecular formula is C11H22N2O. The molecule has 1 aliphatic rings. The molecule has 1 amide bonds. The number of nitrogens with two attached hydrogens (primary N) is 1. The molecule has 2 unspecified atom stereocenters. The summed E-state index contributed by atoms with van der Waals surface area (Å²) in [6.07, 6.45) is 4.28. The quantitative estimate of drug-likeness (QED) is 0.715. The van der Waals surface area contributed by atoms with Crippen LogP contribution >= 0.6 is 0 Å². The topological polar surface area (TPSA) is 55.1 Å². The van der Waals surface area contributed by atoms with Crippen LogP contribution in [-0.4, -0.2) is 18.5 Å². The van der Waals surface area contributed by atoms with Crippen LogP contribution in [0.1, 0.15) is 39.5 Å². The molecule has 0 aromatic rings. The molecule has 0 aliphatic heterocycles. The van der Waals surface area contributed by atoms with E-state index in [1.165, 1.54) is 19.3 Å². The minimum atomic E-state index is -0.214. The minimum Gasteiger partial charge on any atom is -0.370 e. The van der Waals surface area contributed by atoms with Crippen LogP contribution in [0.3, 0.4) is 0 Å². The lowest BCUT2D eigenvalue weighted by Crippen LogP contribution is -2.37. The first kappa shape index (κ1) is 11.5. The van der Waals surface area contributed by atoms with Gasteiger partial charge < -0.3 is 11.1 Å². The third-order valence-electron chi connectivity index (χ3n) is 2.98. The summed E-state index contributed by atoms with van der Waals surface area (Å²) in [7, 11) is 0. The Kier molecular flexibility index (Phi) is 4.39. The summed E-state index contributed by atoms with van der Waals surface area (Å²) in [6.45, 7) is 5.34. The molecule has 14 heavy (non-hydrogen) atoms. The summed E-state index contributed by atoms with van der Waals surface area (Å²) in [4.78, 5) is 10.6. The van der Waals surface area contributed by atoms with Crippen LogP contribution in [0, 0.1) is 11.8 Å². The highest BCUT2D eigenvalue weighted by Gasteiger charge is 2.23. The van der Waals surface area contributed by atoms with E-state index in [9.17, 15) is 4.79 Å². The predicted octanol–water partition coefficient (Wildman–Crippen LogP) is 1.28. The molecule has 0 spiro atoms. The van der Waals surface area contributed by atoms with E-state index in [4.69, 9.17) is 5.73 Å². The highest BCUT2D eigenvalue weighted by atomic mass is 16.1. The number of nitrogens with one attached hydrogen (secondary N) is 1. The van der Waals surface area contributed by atoms with Crippen molar-refractivity contribution in [2.24, 2.45) is 17.6 Å². The Morgan fingerprint density at radius 2 is 1.86 bits per heavy atom. The Morgan fingerprint density at radius 1 is 1.29 bits per heavy atom. The number of carbonyl (C=O) groups is 1. The van der Waals surface area contributed by atoms with Gasteiger partial charge in [-0.1, -0.05) is 13.8 Å². The van der Waals surface area contributed by atoms with E-state index >= 15 is 0 Å². The SMILES string of the molecule is CC1CC(C)CC(NCCC(N)=O)C1. The molecule has 0 saturated heterocycles. The van der Waals surface area contributed by atoms with Crippen molar-refractivity contribution in [1.82, 2.24) is 5.32 Å². The first-order chi connectivity index (χ1) is 6.58. The number of hydrogen-bond acceptors (Lipinski definition) is 2. The largest absolute Gasteiger partial charge is 0.370 e. The highest BCUT2D eigenvalue weighted by molar-refractivity contribution is 5.73. The van der Waals surface area contributed by atoms with Crippen molar-refractivity contribution < 1.29 is 4.79 Å². The van der Waals surface area contributed by atoms with E-state index in [0.29, 0.717) is 12.5 Å². The van der Waals surface area contributed by atoms with Gasteiger partial charge >= 0.3 is 0 Å². The van der Waals surface area contributed by atoms with E-state index in [0.717, 1.165) is 18.4 Å². The standard InChI is InChI=1S/C11H22N2O/c1-8-5-9(2)7-10(6-8)13-4-3-11(12)14/h8-10,13H,3-7H2,1-2H3,(H2,12,14). The van der Waals surface area contributed by atoms with Crippen molar-refractivity contribution in [2.75, 3.05) is 6.54 Å². The Hall–Kier alpha value is -0.570. The number of primary amides is 1. The van der Waals surface area contributed by atoms with E-state index < -0.39 is 0 Å². The summed E-state index contributed by atoms with van der Waals surface area (Å²) < 4.78 is 0. The van der Waals surface area contributed by atoms with Gasteiger partial charge in [0.25, 0.3) is 0 Å². The fourth-order valence-corrected chi connectivity index (χ4v) is 2.51. The number of amides is 1. The molecule has 82 valence electrons. The summed E-state index contributed by atoms with van der Waals surface area (Å²) in [5.74, 6) is 1.41. The molecule has 1 aliphatic carbocycles. The third-order valence-corrected chi connectivity index (χ3v) is 2.98. The Bertz CT molecular complexity index is 184. The van der Waals surface area contributed by atoms with E-state index in [2.05, 4.69) is 19.2 Å². The first-order valence-corrected chi connectivity index (χ1v) is 5.59. The molecule has 1 fully saturated rings. The molecule has 3 heteroatoms. The number of hydrogen-bond donors (Lipinski definition) is 2. The van der Waals surface area contributed by atoms with Gasteiger partial charge in [0.2, 0.25) is 5.91 Å². The second kappa shape index (κ2) is 5.35. The van der Waals surface area contributed by atoms with Gasteiger partial charge in [-0.3, -0.25) is 4.79 Å². The Morgan fingerprint density at radius 3 is 2.36 bits per heavy atom. The maximum atomic E-state index is 10.6. The van der Waals surface area contributed by atoms with Gasteiger partial charge in [0.15, 0.2) is 0 Å². The average Bonchev–Trinajstić information content (AvgIpc) is 2.01. The zero-order valence-electron chi connectivity index (χ0n) is 9.25. The molecule has 2 atom stereocenters. The van der Waals surface area contributed by atoms with Crippen LogP contribution in [0.4, 0.5) is 0 Å². The second-order valence-corrected chi connectivity index (χ2v) is 4.78. The second-order valence-electron chi connectivity index (χ2n) is 4.78. The summed E-state index contributed by atoms with van der Waals surface area (Å²) >= 11 is 0. The van der Waals surface area contributed by atoms with Gasteiger partial charge in [-0.05, 0) is 31.1 Å². The summed E-state index contributed by atoms with van der Waals surface area (Å²) in [5, 5.41) is 3.41. The van der Waals surface area contributed by atoms with Crippen molar-refractivity contribution in [3.63, 3.8) is 0 Å². The van der Waals surface area contributed by atoms with Gasteiger partial charge in [-0.2, -0.15) is 0 Å². The lowest BCUT2D eigenvalue weighted by Gasteiger charge is -2.32. The number of carbonyl (C=O) groups excluding carboxylic acids is 1. The molecule has 0 bridgehead atoms. The smallest absolute Gasteiger partial charge is 0.218 e. The first-order valence-electron chi connectivity index (χ1n) is 5.59. The third kappa shape index (κ3) is 4.09. The maximum Gasteiger partial charge on any atom is 0.218 e. The van der Waals surface area contributed by atoms with Crippen LogP contribution in [-0.2, 0) is 4.79 Å². The molecule has 0 heterocycles. The van der Waals surface area contributed by atoms with Crippen LogP contribution in [0.2, 0.25) is 0 Å². The fourth-order valence-electron chi connectivity index (χ4n) is 2.51. The van der Waals surface area contributed by atoms with Crippen LogP contribution < -0.4 is 11.1 Å². The van der Waals surface area contributed by atoms with Gasteiger partial charge in [-0.25, -0.2) is 0 Å². The fraction of sp³-hybridized carbons (Fsp3) is 0.909. The van der Waals surface area contributed by atoms with Crippen molar-refractivity contribution in [3.05, 3.63) is 0 Å². The van der Waals surface area contributed by atoms with Crippen molar-refractivity contribution in [3.8, 4) is 0 Å². The van der Waals surface area contributed by atoms with Gasteiger partial charge in [-0.15, -0.1) is 0 Å². The predicted molar refractivity (Wildman–Crippen MR) is 57.8 cm³/mol. The summed E-state index contributed by atoms with van der Waals surface area (Å²) in [5.41, 5.74) is 5.08. The maximum absolute atomic E-state index is 10.6. The highest BCUT2D eigenvalue weighted by Crippen LogP contribution is 2.28. The van der Waals surface area contributed by atoms with Crippen molar-refractivity contribution in [2.45, 2.75) is 45.6 Å². The molecule has 0 aromatic carbocycles. The van der Waals surface area contributed by atoms with Gasteiger partial charge in [0.1, 0.15) is 0 Å². The van der Waals surface area contributed by atoms with Gasteiger partial charge in [0, 0.05) is 19.0 Å². The molecule has 0 radical (unpaired) electrons. The zero-order valence-corrected chi connectivity index (χ0v) is 9.25. The lowest BCUT2D eigenvalue weighted by atomic mass is 9.80. The van der Waals surface area contributed by atoms with E-state index in [-0.39, 0.29) is 5.91 Å². The van der Waals surface area contributed by atoms with E-state index in [1.54, 1.807) is 0 Å². The molecule has 3 N–H and O–H groups in total. The molecule has 1 saturated carbocycles. The Labute approximate surface area is 86.4 Å². The summed E-state index contributed by atoms with van der Waals surface area (Å²) in [6, 6.07) is 0.591. The van der Waals surface area contributed by atoms with E-state index in [1.807, 2.05) is 0 Å². The average molecular weight is 198 g/mol. The van der Waals surface area contributed by atoms with Crippen molar-refractivity contribution in [1.29, 1.82) is 0 Å². The number of rotatable bonds is 4. The molecular weight excluding hydrogens is 176 g/mol. The van der Waals surface area contributed by atoms with Crippen LogP contribution in [0.15, 0.2) is 0 Å². The minimum absolute atomic E-state index is 0.214. The molecule has 1 rings (SSSR count). The zero-order chi connectivity index (χ0) is 10.6. The Balaban J connectivity index is 2.20. The normalized spacial score (nSPS) is 32.9. The van der Waals surface area contributed by atoms with Crippen LogP contribution in [0.5, 0.6) is 0 Å². The molecule has 3 nitrogen and oxygen atoms in total. The van der Waals surface area contributed by atoms with Gasteiger partial charge in [0.05, 0.1) is 0 Å². The van der Waals surface area contributed by atoms with Crippen molar-refractivity contribution >= 4 is 5.91 Å². The lowest BCUT2D eigenvalue weighted by molar-refractivity contribution is -0.117.